The Balaban J connectivity index is 1.26. The smallest absolute Gasteiger partial charge is 0.149 e. The van der Waals surface area contributed by atoms with Crippen LogP contribution in [0.5, 0.6) is 5.75 Å². The highest BCUT2D eigenvalue weighted by atomic mass is 16.3. The number of phenols is 1. The molecule has 376 valence electrons. The zero-order chi connectivity index (χ0) is 63.2. The maximum absolute atomic E-state index is 12.9. The highest BCUT2D eigenvalue weighted by Gasteiger charge is 2.30. The third-order valence-electron chi connectivity index (χ3n) is 14.3. The highest BCUT2D eigenvalue weighted by molar-refractivity contribution is 5.99. The van der Waals surface area contributed by atoms with Gasteiger partial charge in [0.25, 0.3) is 0 Å². The molecule has 0 amide bonds. The summed E-state index contributed by atoms with van der Waals surface area (Å²) in [5, 5.41) is 12.9. The maximum Gasteiger partial charge on any atom is 0.149 e. The Kier molecular flexibility index (Phi) is 9.66. The first-order valence-corrected chi connectivity index (χ1v) is 25.5. The van der Waals surface area contributed by atoms with Crippen molar-refractivity contribution in [3.63, 3.8) is 0 Å². The van der Waals surface area contributed by atoms with Gasteiger partial charge in [-0.3, -0.25) is 9.55 Å². The molecule has 0 aliphatic rings. The van der Waals surface area contributed by atoms with Gasteiger partial charge >= 0.3 is 0 Å². The molecule has 0 aliphatic heterocycles. The first kappa shape index (κ1) is 37.8. The van der Waals surface area contributed by atoms with Crippen molar-refractivity contribution in [3.8, 4) is 89.7 Å². The predicted octanol–water partition coefficient (Wildman–Crippen LogP) is 19.3. The van der Waals surface area contributed by atoms with Crippen LogP contribution >= 0.6 is 0 Å². The molecule has 8 aromatic carbocycles. The molecule has 0 saturated carbocycles. The summed E-state index contributed by atoms with van der Waals surface area (Å²) in [6.07, 6.45) is 1.65. The van der Waals surface area contributed by atoms with Crippen LogP contribution < -0.4 is 0 Å². The second-order valence-corrected chi connectivity index (χ2v) is 22.9. The molecule has 0 spiro atoms. The van der Waals surface area contributed by atoms with Gasteiger partial charge in [0.2, 0.25) is 0 Å². The van der Waals surface area contributed by atoms with Crippen molar-refractivity contribution in [2.24, 2.45) is 0 Å². The largest absolute Gasteiger partial charge is 0.507 e. The Bertz CT molecular complexity index is 4160. The summed E-state index contributed by atoms with van der Waals surface area (Å²) >= 11 is 0. The highest BCUT2D eigenvalue weighted by Crippen LogP contribution is 2.47. The van der Waals surface area contributed by atoms with E-state index in [0.29, 0.717) is 56.1 Å². The van der Waals surface area contributed by atoms with Crippen molar-refractivity contribution < 1.29 is 21.6 Å². The van der Waals surface area contributed by atoms with E-state index >= 15 is 0 Å². The molecule has 4 nitrogen and oxygen atoms in total. The number of benzene rings is 8. The van der Waals surface area contributed by atoms with Crippen LogP contribution in [0, 0.1) is 6.85 Å². The minimum atomic E-state index is -3.41. The summed E-state index contributed by atoms with van der Waals surface area (Å²) in [5.41, 5.74) is 9.45. The minimum absolute atomic E-state index is 0.0761. The average molecular weight is 994 g/mol. The van der Waals surface area contributed by atoms with Crippen LogP contribution in [-0.2, 0) is 21.7 Å². The summed E-state index contributed by atoms with van der Waals surface area (Å²) in [6.45, 7) is 6.39. The number of nitrogens with zero attached hydrogens (tertiary/aromatic N) is 3. The van der Waals surface area contributed by atoms with E-state index in [1.54, 1.807) is 18.3 Å². The lowest BCUT2D eigenvalue weighted by atomic mass is 9.79. The van der Waals surface area contributed by atoms with Crippen LogP contribution in [0.4, 0.5) is 0 Å². The normalized spacial score (nSPS) is 15.4. The number of aryl methyl sites for hydroxylation is 1. The van der Waals surface area contributed by atoms with E-state index in [2.05, 4.69) is 97.2 Å². The number of aromatic nitrogens is 3. The van der Waals surface area contributed by atoms with Gasteiger partial charge in [0.15, 0.2) is 0 Å². The standard InChI is InChI=1S/C71H71N3O/c1-45-37-59(49-29-33-55(34-30-49)69(5,6)7)64(44-58(45)48-23-18-15-19-24-48)74-63-26-20-25-57(65(63)73-67(74)60-42-56(70(8,9)10)43-61(66(60)75)71(11,12)13)52-38-51(46-21-16-14-17-22-46)39-53(40-52)62-41-50(35-36-72-62)47-27-31-54(32-28-47)68(2,3)4/h14-44,75H,1-13H3/i1D3,2D3,3D3,4D3. The fourth-order valence-electron chi connectivity index (χ4n) is 9.99. The van der Waals surface area contributed by atoms with Crippen LogP contribution in [0.1, 0.15) is 127 Å². The summed E-state index contributed by atoms with van der Waals surface area (Å²) in [4.78, 5) is 10.6. The number of fused-ring (bicyclic) bond motifs is 1. The van der Waals surface area contributed by atoms with E-state index in [-0.39, 0.29) is 27.7 Å². The van der Waals surface area contributed by atoms with Gasteiger partial charge in [-0.15, -0.1) is 0 Å². The lowest BCUT2D eigenvalue weighted by Crippen LogP contribution is -2.17. The van der Waals surface area contributed by atoms with Gasteiger partial charge in [-0.05, 0) is 150 Å². The topological polar surface area (TPSA) is 50.9 Å². The predicted molar refractivity (Wildman–Crippen MR) is 318 cm³/mol. The van der Waals surface area contributed by atoms with Crippen LogP contribution in [0.25, 0.3) is 95.0 Å². The van der Waals surface area contributed by atoms with E-state index in [9.17, 15) is 5.11 Å². The summed E-state index contributed by atoms with van der Waals surface area (Å²) in [5.74, 6) is 0.514. The first-order chi connectivity index (χ1) is 40.5. The number of para-hydroxylation sites is 1. The Hall–Kier alpha value is -7.82. The fourth-order valence-corrected chi connectivity index (χ4v) is 9.99. The average Bonchev–Trinajstić information content (AvgIpc) is 1.63. The van der Waals surface area contributed by atoms with Crippen LogP contribution in [0.2, 0.25) is 0 Å². The number of aromatic hydroxyl groups is 1. The molecule has 4 heteroatoms. The molecule has 0 bridgehead atoms. The number of imidazole rings is 1. The van der Waals surface area contributed by atoms with Crippen molar-refractivity contribution in [2.45, 2.75) is 111 Å². The number of hydrogen-bond donors (Lipinski definition) is 1. The Morgan fingerprint density at radius 3 is 1.64 bits per heavy atom. The van der Waals surface area contributed by atoms with Crippen molar-refractivity contribution in [1.29, 1.82) is 0 Å². The van der Waals surface area contributed by atoms with Gasteiger partial charge in [-0.25, -0.2) is 4.98 Å². The van der Waals surface area contributed by atoms with Gasteiger partial charge in [-0.2, -0.15) is 0 Å². The van der Waals surface area contributed by atoms with Crippen molar-refractivity contribution in [2.75, 3.05) is 0 Å². The lowest BCUT2D eigenvalue weighted by molar-refractivity contribution is 0.446. The molecule has 0 aliphatic carbocycles. The number of phenolic OH excluding ortho intramolecular Hbond substituents is 1. The SMILES string of the molecule is [2H]C([2H])([2H])c1cc(-c2ccc(C(C)(C)C)cc2)c(-n2c(-c3cc(C(C)(C)C)cc(C(C)(C)C)c3O)nc3c(-c4cc(-c5ccccc5)cc(-c5cc(-c6ccc(C(C([2H])([2H])[2H])(C([2H])([2H])[2H])C([2H])([2H])[2H])cc6)ccn5)c4)cccc32)cc1-c1ccccc1. The van der Waals surface area contributed by atoms with E-state index in [1.165, 1.54) is 24.3 Å². The molecule has 0 saturated heterocycles. The molecule has 2 aromatic heterocycles. The van der Waals surface area contributed by atoms with E-state index < -0.39 is 38.2 Å². The molecule has 2 heterocycles. The van der Waals surface area contributed by atoms with Gasteiger partial charge in [0.1, 0.15) is 11.6 Å². The van der Waals surface area contributed by atoms with Crippen molar-refractivity contribution in [1.82, 2.24) is 14.5 Å². The molecule has 10 rings (SSSR count). The maximum atomic E-state index is 12.9. The third kappa shape index (κ3) is 10.1. The molecule has 1 N–H and O–H groups in total. The van der Waals surface area contributed by atoms with Crippen LogP contribution in [0.15, 0.2) is 188 Å². The van der Waals surface area contributed by atoms with Gasteiger partial charge in [0.05, 0.1) is 28.0 Å². The number of hydrogen-bond acceptors (Lipinski definition) is 3. The molecule has 10 aromatic rings. The molecule has 0 radical (unpaired) electrons. The van der Waals surface area contributed by atoms with Gasteiger partial charge < -0.3 is 5.11 Å². The van der Waals surface area contributed by atoms with Gasteiger partial charge in [-0.1, -0.05) is 210 Å². The molecular formula is C71H71N3O. The zero-order valence-electron chi connectivity index (χ0n) is 56.2. The van der Waals surface area contributed by atoms with Crippen molar-refractivity contribution in [3.05, 3.63) is 216 Å². The van der Waals surface area contributed by atoms with E-state index in [4.69, 9.17) is 26.4 Å². The minimum Gasteiger partial charge on any atom is -0.507 e. The quantitative estimate of drug-likeness (QED) is 0.165. The molecule has 0 unspecified atom stereocenters. The summed E-state index contributed by atoms with van der Waals surface area (Å²) in [7, 11) is 0. The second-order valence-electron chi connectivity index (χ2n) is 22.9. The van der Waals surface area contributed by atoms with Crippen molar-refractivity contribution >= 4 is 11.0 Å². The monoisotopic (exact) mass is 994 g/mol. The third-order valence-corrected chi connectivity index (χ3v) is 14.3. The van der Waals surface area contributed by atoms with E-state index in [0.717, 1.165) is 55.6 Å². The lowest BCUT2D eigenvalue weighted by Gasteiger charge is -2.28. The Morgan fingerprint density at radius 1 is 0.427 bits per heavy atom. The molecular weight excluding hydrogens is 911 g/mol. The Labute approximate surface area is 462 Å². The Morgan fingerprint density at radius 2 is 1.01 bits per heavy atom. The second kappa shape index (κ2) is 19.1. The summed E-state index contributed by atoms with van der Waals surface area (Å²) in [6, 6.07) is 57.1. The van der Waals surface area contributed by atoms with Crippen LogP contribution in [-0.4, -0.2) is 19.6 Å². The zero-order valence-corrected chi connectivity index (χ0v) is 44.2. The van der Waals surface area contributed by atoms with E-state index in [1.807, 2.05) is 115 Å². The van der Waals surface area contributed by atoms with Gasteiger partial charge in [0, 0.05) is 44.9 Å². The number of pyridine rings is 1. The first-order valence-electron chi connectivity index (χ1n) is 31.5. The molecule has 75 heavy (non-hydrogen) atoms. The molecule has 0 fully saturated rings. The number of rotatable bonds is 8. The fraction of sp³-hybridized carbons (Fsp3) is 0.239. The molecule has 0 atom stereocenters. The van der Waals surface area contributed by atoms with Crippen LogP contribution in [0.3, 0.4) is 0 Å². The summed E-state index contributed by atoms with van der Waals surface area (Å²) < 4.78 is 104.